The highest BCUT2D eigenvalue weighted by Crippen LogP contribution is 2.18. The molecule has 0 aliphatic carbocycles. The first-order valence-electron chi connectivity index (χ1n) is 9.88. The average molecular weight is 370 g/mol. The van der Waals surface area contributed by atoms with E-state index in [1.807, 2.05) is 27.7 Å². The molecule has 2 aliphatic heterocycles. The summed E-state index contributed by atoms with van der Waals surface area (Å²) in [6.45, 7) is 15.2. The van der Waals surface area contributed by atoms with Gasteiger partial charge in [0.25, 0.3) is 0 Å². The third-order valence-corrected chi connectivity index (χ3v) is 4.96. The highest BCUT2D eigenvalue weighted by molar-refractivity contribution is 5.72. The molecule has 7 heteroatoms. The van der Waals surface area contributed by atoms with Gasteiger partial charge in [-0.05, 0) is 53.6 Å². The molecule has 2 rings (SSSR count). The zero-order valence-corrected chi connectivity index (χ0v) is 16.8. The van der Waals surface area contributed by atoms with Crippen LogP contribution in [0.1, 0.15) is 40.5 Å². The summed E-state index contributed by atoms with van der Waals surface area (Å²) in [7, 11) is 0. The maximum atomic E-state index is 12.1. The molecular weight excluding hydrogens is 334 g/mol. The van der Waals surface area contributed by atoms with Crippen LogP contribution in [-0.4, -0.2) is 91.3 Å². The molecular formula is C19H35N3O4. The van der Waals surface area contributed by atoms with Crippen LogP contribution in [0, 0.1) is 5.92 Å². The van der Waals surface area contributed by atoms with Gasteiger partial charge < -0.3 is 19.3 Å². The summed E-state index contributed by atoms with van der Waals surface area (Å²) in [5, 5.41) is 0. The molecule has 0 aromatic heterocycles. The van der Waals surface area contributed by atoms with Crippen LogP contribution in [0.3, 0.4) is 0 Å². The number of carbonyl (C=O) groups is 2. The third-order valence-electron chi connectivity index (χ3n) is 4.96. The van der Waals surface area contributed by atoms with Crippen LogP contribution in [0.25, 0.3) is 0 Å². The maximum absolute atomic E-state index is 12.1. The van der Waals surface area contributed by atoms with Crippen molar-refractivity contribution >= 4 is 12.1 Å². The molecule has 2 aliphatic rings. The van der Waals surface area contributed by atoms with Gasteiger partial charge in [-0.1, -0.05) is 0 Å². The summed E-state index contributed by atoms with van der Waals surface area (Å²) in [4.78, 5) is 30.5. The van der Waals surface area contributed by atoms with Gasteiger partial charge in [0.15, 0.2) is 0 Å². The standard InChI is InChI=1S/C19H35N3O4/c1-5-25-17(23)16-6-8-20(9-7-16)10-11-21-12-14-22(15-13-21)18(24)26-19(2,3)4/h16H,5-15H2,1-4H3. The molecule has 1 amide bonds. The molecule has 26 heavy (non-hydrogen) atoms. The monoisotopic (exact) mass is 369 g/mol. The maximum Gasteiger partial charge on any atom is 0.410 e. The molecule has 0 aromatic carbocycles. The van der Waals surface area contributed by atoms with E-state index in [1.54, 1.807) is 4.90 Å². The van der Waals surface area contributed by atoms with Gasteiger partial charge in [-0.3, -0.25) is 9.69 Å². The fraction of sp³-hybridized carbons (Fsp3) is 0.895. The van der Waals surface area contributed by atoms with Crippen LogP contribution in [0.2, 0.25) is 0 Å². The zero-order valence-electron chi connectivity index (χ0n) is 16.8. The molecule has 0 saturated carbocycles. The Kier molecular flexibility index (Phi) is 7.70. The molecule has 2 fully saturated rings. The average Bonchev–Trinajstić information content (AvgIpc) is 2.59. The largest absolute Gasteiger partial charge is 0.466 e. The topological polar surface area (TPSA) is 62.3 Å². The molecule has 0 bridgehead atoms. The van der Waals surface area contributed by atoms with Gasteiger partial charge in [0.1, 0.15) is 5.60 Å². The summed E-state index contributed by atoms with van der Waals surface area (Å²) < 4.78 is 10.6. The normalized spacial score (nSPS) is 20.8. The number of amides is 1. The first-order valence-corrected chi connectivity index (χ1v) is 9.88. The first-order chi connectivity index (χ1) is 12.3. The summed E-state index contributed by atoms with van der Waals surface area (Å²) in [5.74, 6) is 0.0361. The summed E-state index contributed by atoms with van der Waals surface area (Å²) in [5.41, 5.74) is -0.441. The number of piperidine rings is 1. The second kappa shape index (κ2) is 9.55. The first kappa shape index (κ1) is 21.0. The van der Waals surface area contributed by atoms with Crippen molar-refractivity contribution in [2.24, 2.45) is 5.92 Å². The molecule has 150 valence electrons. The fourth-order valence-electron chi connectivity index (χ4n) is 3.42. The van der Waals surface area contributed by atoms with Crippen LogP contribution in [0.5, 0.6) is 0 Å². The van der Waals surface area contributed by atoms with Gasteiger partial charge >= 0.3 is 12.1 Å². The molecule has 0 aromatic rings. The number of likely N-dealkylation sites (tertiary alicyclic amines) is 1. The van der Waals surface area contributed by atoms with Gasteiger partial charge in [0.2, 0.25) is 0 Å². The smallest absolute Gasteiger partial charge is 0.410 e. The Balaban J connectivity index is 1.62. The summed E-state index contributed by atoms with van der Waals surface area (Å²) in [6.07, 6.45) is 1.58. The number of ether oxygens (including phenoxy) is 2. The Labute approximate surface area is 157 Å². The number of nitrogens with zero attached hydrogens (tertiary/aromatic N) is 3. The van der Waals surface area contributed by atoms with E-state index in [-0.39, 0.29) is 18.0 Å². The summed E-state index contributed by atoms with van der Waals surface area (Å²) >= 11 is 0. The van der Waals surface area contributed by atoms with Gasteiger partial charge in [-0.25, -0.2) is 4.79 Å². The van der Waals surface area contributed by atoms with Crippen molar-refractivity contribution in [2.75, 3.05) is 59.0 Å². The molecule has 2 heterocycles. The van der Waals surface area contributed by atoms with Crippen molar-refractivity contribution in [3.63, 3.8) is 0 Å². The predicted molar refractivity (Wildman–Crippen MR) is 100 cm³/mol. The number of carbonyl (C=O) groups excluding carboxylic acids is 2. The van der Waals surface area contributed by atoms with Crippen LogP contribution in [0.4, 0.5) is 4.79 Å². The van der Waals surface area contributed by atoms with Crippen LogP contribution < -0.4 is 0 Å². The predicted octanol–water partition coefficient (Wildman–Crippen LogP) is 1.81. The minimum atomic E-state index is -0.441. The van der Waals surface area contributed by atoms with Crippen molar-refractivity contribution in [2.45, 2.75) is 46.1 Å². The molecule has 7 nitrogen and oxygen atoms in total. The van der Waals surface area contributed by atoms with E-state index >= 15 is 0 Å². The van der Waals surface area contributed by atoms with Crippen molar-refractivity contribution in [1.29, 1.82) is 0 Å². The fourth-order valence-corrected chi connectivity index (χ4v) is 3.42. The number of esters is 1. The highest BCUT2D eigenvalue weighted by Gasteiger charge is 2.28. The van der Waals surface area contributed by atoms with E-state index in [4.69, 9.17) is 9.47 Å². The van der Waals surface area contributed by atoms with Crippen LogP contribution >= 0.6 is 0 Å². The lowest BCUT2D eigenvalue weighted by Gasteiger charge is -2.37. The van der Waals surface area contributed by atoms with Crippen LogP contribution in [-0.2, 0) is 14.3 Å². The number of hydrogen-bond donors (Lipinski definition) is 0. The number of piperazine rings is 1. The minimum absolute atomic E-state index is 0.0367. The van der Waals surface area contributed by atoms with Crippen LogP contribution in [0.15, 0.2) is 0 Å². The molecule has 0 spiro atoms. The Morgan fingerprint density at radius 1 is 0.923 bits per heavy atom. The number of rotatable bonds is 5. The van der Waals surface area contributed by atoms with Crippen molar-refractivity contribution < 1.29 is 19.1 Å². The van der Waals surface area contributed by atoms with E-state index < -0.39 is 5.60 Å². The molecule has 0 radical (unpaired) electrons. The van der Waals surface area contributed by atoms with Crippen molar-refractivity contribution in [3.05, 3.63) is 0 Å². The quantitative estimate of drug-likeness (QED) is 0.689. The van der Waals surface area contributed by atoms with E-state index in [2.05, 4.69) is 9.80 Å². The Morgan fingerprint density at radius 2 is 1.46 bits per heavy atom. The Hall–Kier alpha value is -1.34. The SMILES string of the molecule is CCOC(=O)C1CCN(CCN2CCN(C(=O)OC(C)(C)C)CC2)CC1. The summed E-state index contributed by atoms with van der Waals surface area (Å²) in [6, 6.07) is 0. The highest BCUT2D eigenvalue weighted by atomic mass is 16.6. The van der Waals surface area contributed by atoms with E-state index in [1.165, 1.54) is 0 Å². The lowest BCUT2D eigenvalue weighted by Crippen LogP contribution is -2.51. The van der Waals surface area contributed by atoms with E-state index in [0.29, 0.717) is 6.61 Å². The molecule has 0 N–H and O–H groups in total. The Bertz CT molecular complexity index is 462. The van der Waals surface area contributed by atoms with Gasteiger partial charge in [0.05, 0.1) is 12.5 Å². The van der Waals surface area contributed by atoms with Crippen molar-refractivity contribution in [1.82, 2.24) is 14.7 Å². The van der Waals surface area contributed by atoms with E-state index in [0.717, 1.165) is 65.2 Å². The van der Waals surface area contributed by atoms with Gasteiger partial charge in [-0.15, -0.1) is 0 Å². The second-order valence-corrected chi connectivity index (χ2v) is 8.18. The lowest BCUT2D eigenvalue weighted by molar-refractivity contribution is -0.149. The molecule has 2 saturated heterocycles. The lowest BCUT2D eigenvalue weighted by atomic mass is 9.97. The van der Waals surface area contributed by atoms with Gasteiger partial charge in [-0.2, -0.15) is 0 Å². The van der Waals surface area contributed by atoms with Crippen molar-refractivity contribution in [3.8, 4) is 0 Å². The van der Waals surface area contributed by atoms with E-state index in [9.17, 15) is 9.59 Å². The zero-order chi connectivity index (χ0) is 19.2. The Morgan fingerprint density at radius 3 is 1.96 bits per heavy atom. The molecule has 0 atom stereocenters. The molecule has 0 unspecified atom stereocenters. The van der Waals surface area contributed by atoms with Gasteiger partial charge in [0, 0.05) is 39.3 Å². The number of hydrogen-bond acceptors (Lipinski definition) is 6. The minimum Gasteiger partial charge on any atom is -0.466 e. The second-order valence-electron chi connectivity index (χ2n) is 8.18. The third kappa shape index (κ3) is 6.76.